The summed E-state index contributed by atoms with van der Waals surface area (Å²) in [7, 11) is 1.69. The zero-order valence-corrected chi connectivity index (χ0v) is 12.4. The fraction of sp³-hybridized carbons (Fsp3) is 0.0476. The van der Waals surface area contributed by atoms with Crippen molar-refractivity contribution >= 4 is 21.5 Å². The maximum Gasteiger partial charge on any atom is 0.118 e. The van der Waals surface area contributed by atoms with Crippen LogP contribution in [0.5, 0.6) is 5.75 Å². The van der Waals surface area contributed by atoms with Gasteiger partial charge in [-0.1, -0.05) is 60.7 Å². The number of rotatable bonds is 2. The molecule has 0 N–H and O–H groups in total. The van der Waals surface area contributed by atoms with Crippen LogP contribution in [0, 0.1) is 0 Å². The SMILES string of the molecule is COc1ccc(-c2cc3ccccc3c3ccccc23)cc1. The molecule has 0 radical (unpaired) electrons. The molecule has 1 nitrogen and oxygen atoms in total. The molecule has 4 aromatic carbocycles. The molecule has 0 fully saturated rings. The fourth-order valence-corrected chi connectivity index (χ4v) is 3.06. The lowest BCUT2D eigenvalue weighted by Gasteiger charge is -2.11. The maximum absolute atomic E-state index is 5.26. The normalized spacial score (nSPS) is 11.0. The monoisotopic (exact) mass is 284 g/mol. The van der Waals surface area contributed by atoms with Gasteiger partial charge in [0.25, 0.3) is 0 Å². The fourth-order valence-electron chi connectivity index (χ4n) is 3.06. The van der Waals surface area contributed by atoms with Crippen molar-refractivity contribution in [2.75, 3.05) is 7.11 Å². The van der Waals surface area contributed by atoms with Crippen molar-refractivity contribution in [1.82, 2.24) is 0 Å². The second-order valence-electron chi connectivity index (χ2n) is 5.42. The zero-order valence-electron chi connectivity index (χ0n) is 12.4. The van der Waals surface area contributed by atoms with E-state index in [-0.39, 0.29) is 0 Å². The van der Waals surface area contributed by atoms with Crippen molar-refractivity contribution in [2.45, 2.75) is 0 Å². The summed E-state index contributed by atoms with van der Waals surface area (Å²) in [5, 5.41) is 5.15. The maximum atomic E-state index is 5.26. The van der Waals surface area contributed by atoms with Crippen LogP contribution < -0.4 is 4.74 Å². The highest BCUT2D eigenvalue weighted by Crippen LogP contribution is 2.35. The molecule has 0 saturated carbocycles. The molecular formula is C21H16O. The van der Waals surface area contributed by atoms with Crippen molar-refractivity contribution < 1.29 is 4.74 Å². The third-order valence-electron chi connectivity index (χ3n) is 4.17. The second-order valence-corrected chi connectivity index (χ2v) is 5.42. The van der Waals surface area contributed by atoms with Crippen molar-refractivity contribution in [2.24, 2.45) is 0 Å². The standard InChI is InChI=1S/C21H16O/c1-22-17-12-10-15(11-13-17)21-14-16-6-2-3-7-18(16)19-8-4-5-9-20(19)21/h2-14H,1H3. The molecule has 0 heterocycles. The number of ether oxygens (including phenoxy) is 1. The molecule has 0 aromatic heterocycles. The Bertz CT molecular complexity index is 952. The van der Waals surface area contributed by atoms with Gasteiger partial charge in [0.05, 0.1) is 7.11 Å². The minimum absolute atomic E-state index is 0.883. The van der Waals surface area contributed by atoms with E-state index < -0.39 is 0 Å². The van der Waals surface area contributed by atoms with E-state index in [4.69, 9.17) is 4.74 Å². The molecule has 1 heteroatoms. The Labute approximate surface area is 129 Å². The molecule has 0 aliphatic carbocycles. The first-order valence-electron chi connectivity index (χ1n) is 7.42. The summed E-state index contributed by atoms with van der Waals surface area (Å²) in [6.07, 6.45) is 0. The van der Waals surface area contributed by atoms with E-state index in [1.54, 1.807) is 7.11 Å². The average Bonchev–Trinajstić information content (AvgIpc) is 2.61. The molecule has 106 valence electrons. The third-order valence-corrected chi connectivity index (χ3v) is 4.17. The summed E-state index contributed by atoms with van der Waals surface area (Å²) in [5.74, 6) is 0.883. The Hall–Kier alpha value is -2.80. The van der Waals surface area contributed by atoms with E-state index in [0.717, 1.165) is 5.75 Å². The van der Waals surface area contributed by atoms with E-state index >= 15 is 0 Å². The van der Waals surface area contributed by atoms with Crippen molar-refractivity contribution in [1.29, 1.82) is 0 Å². The van der Waals surface area contributed by atoms with Gasteiger partial charge in [-0.05, 0) is 50.9 Å². The molecule has 4 aromatic rings. The summed E-state index contributed by atoms with van der Waals surface area (Å²) < 4.78 is 5.26. The molecule has 0 aliphatic heterocycles. The quantitative estimate of drug-likeness (QED) is 0.431. The largest absolute Gasteiger partial charge is 0.497 e. The van der Waals surface area contributed by atoms with Gasteiger partial charge in [-0.25, -0.2) is 0 Å². The highest BCUT2D eigenvalue weighted by molar-refractivity contribution is 6.13. The van der Waals surface area contributed by atoms with Crippen molar-refractivity contribution in [3.05, 3.63) is 78.9 Å². The smallest absolute Gasteiger partial charge is 0.118 e. The van der Waals surface area contributed by atoms with E-state index in [9.17, 15) is 0 Å². The Morgan fingerprint density at radius 2 is 1.27 bits per heavy atom. The first-order valence-corrected chi connectivity index (χ1v) is 7.42. The lowest BCUT2D eigenvalue weighted by atomic mass is 9.93. The van der Waals surface area contributed by atoms with Crippen LogP contribution in [0.4, 0.5) is 0 Å². The molecule has 0 saturated heterocycles. The van der Waals surface area contributed by atoms with Gasteiger partial charge in [0.1, 0.15) is 5.75 Å². The van der Waals surface area contributed by atoms with Crippen molar-refractivity contribution in [3.63, 3.8) is 0 Å². The molecular weight excluding hydrogens is 268 g/mol. The minimum atomic E-state index is 0.883. The second kappa shape index (κ2) is 5.19. The van der Waals surface area contributed by atoms with Crippen molar-refractivity contribution in [3.8, 4) is 16.9 Å². The van der Waals surface area contributed by atoms with E-state index in [0.29, 0.717) is 0 Å². The summed E-state index contributed by atoms with van der Waals surface area (Å²) in [5.41, 5.74) is 2.47. The molecule has 4 rings (SSSR count). The summed E-state index contributed by atoms with van der Waals surface area (Å²) in [4.78, 5) is 0. The first-order chi connectivity index (χ1) is 10.9. The van der Waals surface area contributed by atoms with Gasteiger partial charge in [0.2, 0.25) is 0 Å². The zero-order chi connectivity index (χ0) is 14.9. The van der Waals surface area contributed by atoms with Crippen LogP contribution in [0.2, 0.25) is 0 Å². The van der Waals surface area contributed by atoms with Gasteiger partial charge in [-0.15, -0.1) is 0 Å². The number of benzene rings is 4. The highest BCUT2D eigenvalue weighted by atomic mass is 16.5. The van der Waals surface area contributed by atoms with Gasteiger partial charge in [0, 0.05) is 0 Å². The van der Waals surface area contributed by atoms with Crippen LogP contribution in [-0.4, -0.2) is 7.11 Å². The topological polar surface area (TPSA) is 9.23 Å². The van der Waals surface area contributed by atoms with Gasteiger partial charge in [-0.2, -0.15) is 0 Å². The molecule has 0 unspecified atom stereocenters. The van der Waals surface area contributed by atoms with E-state index in [1.165, 1.54) is 32.7 Å². The number of hydrogen-bond donors (Lipinski definition) is 0. The predicted octanol–water partition coefficient (Wildman–Crippen LogP) is 5.67. The Morgan fingerprint density at radius 3 is 2.00 bits per heavy atom. The predicted molar refractivity (Wildman–Crippen MR) is 93.4 cm³/mol. The van der Waals surface area contributed by atoms with Gasteiger partial charge in [-0.3, -0.25) is 0 Å². The van der Waals surface area contributed by atoms with Crippen LogP contribution in [0.3, 0.4) is 0 Å². The highest BCUT2D eigenvalue weighted by Gasteiger charge is 2.08. The lowest BCUT2D eigenvalue weighted by molar-refractivity contribution is 0.415. The molecule has 0 aliphatic rings. The number of fused-ring (bicyclic) bond motifs is 3. The van der Waals surface area contributed by atoms with Crippen LogP contribution in [0.25, 0.3) is 32.7 Å². The molecule has 0 spiro atoms. The Kier molecular flexibility index (Phi) is 3.05. The van der Waals surface area contributed by atoms with Gasteiger partial charge < -0.3 is 4.74 Å². The summed E-state index contributed by atoms with van der Waals surface area (Å²) in [6.45, 7) is 0. The average molecular weight is 284 g/mol. The Balaban J connectivity index is 2.06. The number of hydrogen-bond acceptors (Lipinski definition) is 1. The molecule has 0 amide bonds. The van der Waals surface area contributed by atoms with Crippen LogP contribution in [-0.2, 0) is 0 Å². The summed E-state index contributed by atoms with van der Waals surface area (Å²) in [6, 6.07) is 27.7. The van der Waals surface area contributed by atoms with E-state index in [2.05, 4.69) is 66.7 Å². The van der Waals surface area contributed by atoms with Crippen LogP contribution in [0.1, 0.15) is 0 Å². The van der Waals surface area contributed by atoms with Crippen LogP contribution in [0.15, 0.2) is 78.9 Å². The van der Waals surface area contributed by atoms with E-state index in [1.807, 2.05) is 12.1 Å². The Morgan fingerprint density at radius 1 is 0.636 bits per heavy atom. The number of methoxy groups -OCH3 is 1. The molecule has 22 heavy (non-hydrogen) atoms. The van der Waals surface area contributed by atoms with Gasteiger partial charge >= 0.3 is 0 Å². The summed E-state index contributed by atoms with van der Waals surface area (Å²) >= 11 is 0. The van der Waals surface area contributed by atoms with Gasteiger partial charge in [0.15, 0.2) is 0 Å². The van der Waals surface area contributed by atoms with Crippen LogP contribution >= 0.6 is 0 Å². The molecule has 0 bridgehead atoms. The molecule has 0 atom stereocenters. The lowest BCUT2D eigenvalue weighted by Crippen LogP contribution is -1.86. The first kappa shape index (κ1) is 12.9. The minimum Gasteiger partial charge on any atom is -0.497 e. The third kappa shape index (κ3) is 2.03.